The molecule has 1 unspecified atom stereocenters. The van der Waals surface area contributed by atoms with Crippen LogP contribution in [0.2, 0.25) is 0 Å². The number of anilines is 1. The molecule has 0 amide bonds. The van der Waals surface area contributed by atoms with Gasteiger partial charge in [0.05, 0.1) is 5.56 Å². The first-order valence-electron chi connectivity index (χ1n) is 14.6. The Morgan fingerprint density at radius 2 is 1.67 bits per heavy atom. The van der Waals surface area contributed by atoms with E-state index < -0.39 is 5.60 Å². The van der Waals surface area contributed by atoms with Crippen LogP contribution >= 0.6 is 0 Å². The first-order valence-corrected chi connectivity index (χ1v) is 14.6. The van der Waals surface area contributed by atoms with Crippen molar-refractivity contribution in [1.29, 1.82) is 0 Å². The monoisotopic (exact) mass is 523 g/mol. The number of unbranched alkanes of at least 4 members (excludes halogenated alkanes) is 2. The van der Waals surface area contributed by atoms with Crippen LogP contribution in [-0.4, -0.2) is 28.6 Å². The molecule has 0 saturated carbocycles. The minimum Gasteiger partial charge on any atom is -0.440 e. The zero-order valence-corrected chi connectivity index (χ0v) is 24.1. The van der Waals surface area contributed by atoms with Crippen LogP contribution in [0.25, 0.3) is 10.9 Å². The number of esters is 1. The first-order chi connectivity index (χ1) is 19.0. The van der Waals surface area contributed by atoms with Gasteiger partial charge in [-0.1, -0.05) is 57.9 Å². The summed E-state index contributed by atoms with van der Waals surface area (Å²) in [4.78, 5) is 20.5. The zero-order valence-electron chi connectivity index (χ0n) is 24.1. The van der Waals surface area contributed by atoms with E-state index in [-0.39, 0.29) is 5.97 Å². The van der Waals surface area contributed by atoms with E-state index in [0.29, 0.717) is 5.56 Å². The van der Waals surface area contributed by atoms with Gasteiger partial charge in [-0.3, -0.25) is 4.98 Å². The van der Waals surface area contributed by atoms with Crippen molar-refractivity contribution in [1.82, 2.24) is 9.55 Å². The molecule has 39 heavy (non-hydrogen) atoms. The van der Waals surface area contributed by atoms with Crippen LogP contribution in [0.1, 0.15) is 91.2 Å². The number of rotatable bonds is 11. The summed E-state index contributed by atoms with van der Waals surface area (Å²) >= 11 is 0. The number of benzene rings is 2. The van der Waals surface area contributed by atoms with Crippen molar-refractivity contribution >= 4 is 22.6 Å². The van der Waals surface area contributed by atoms with Crippen LogP contribution < -0.4 is 4.90 Å². The van der Waals surface area contributed by atoms with E-state index in [9.17, 15) is 4.79 Å². The highest BCUT2D eigenvalue weighted by atomic mass is 16.6. The average molecular weight is 524 g/mol. The van der Waals surface area contributed by atoms with Crippen LogP contribution in [0.4, 0.5) is 5.69 Å². The lowest BCUT2D eigenvalue weighted by molar-refractivity contribution is 0.0251. The van der Waals surface area contributed by atoms with E-state index >= 15 is 0 Å². The fourth-order valence-corrected chi connectivity index (χ4v) is 6.32. The van der Waals surface area contributed by atoms with Crippen LogP contribution in [0, 0.1) is 13.8 Å². The summed E-state index contributed by atoms with van der Waals surface area (Å²) in [7, 11) is 0. The highest BCUT2D eigenvalue weighted by Gasteiger charge is 2.52. The Kier molecular flexibility index (Phi) is 7.79. The summed E-state index contributed by atoms with van der Waals surface area (Å²) < 4.78 is 8.95. The van der Waals surface area contributed by atoms with Gasteiger partial charge in [0.25, 0.3) is 0 Å². The summed E-state index contributed by atoms with van der Waals surface area (Å²) in [6.07, 6.45) is 9.20. The van der Waals surface area contributed by atoms with Crippen LogP contribution in [0.5, 0.6) is 0 Å². The summed E-state index contributed by atoms with van der Waals surface area (Å²) in [6.45, 7) is 14.0. The normalized spacial score (nSPS) is 16.5. The maximum Gasteiger partial charge on any atom is 0.340 e. The molecule has 0 fully saturated rings. The summed E-state index contributed by atoms with van der Waals surface area (Å²) in [5.41, 5.74) is 7.02. The van der Waals surface area contributed by atoms with Crippen molar-refractivity contribution in [3.63, 3.8) is 0 Å². The summed E-state index contributed by atoms with van der Waals surface area (Å²) in [5.74, 6) is -0.296. The smallest absolute Gasteiger partial charge is 0.340 e. The van der Waals surface area contributed by atoms with E-state index in [1.165, 1.54) is 36.9 Å². The van der Waals surface area contributed by atoms with Crippen molar-refractivity contribution in [2.45, 2.75) is 78.9 Å². The lowest BCUT2D eigenvalue weighted by atomic mass is 9.77. The third-order valence-electron chi connectivity index (χ3n) is 8.21. The van der Waals surface area contributed by atoms with Crippen LogP contribution in [-0.2, 0) is 16.9 Å². The maximum absolute atomic E-state index is 13.5. The maximum atomic E-state index is 13.5. The van der Waals surface area contributed by atoms with Gasteiger partial charge >= 0.3 is 5.97 Å². The molecule has 0 radical (unpaired) electrons. The van der Waals surface area contributed by atoms with Crippen molar-refractivity contribution in [2.24, 2.45) is 0 Å². The number of hydrogen-bond acceptors (Lipinski definition) is 4. The number of hydrogen-bond donors (Lipinski definition) is 0. The van der Waals surface area contributed by atoms with E-state index in [1.54, 1.807) is 12.3 Å². The van der Waals surface area contributed by atoms with Gasteiger partial charge in [0, 0.05) is 71.0 Å². The van der Waals surface area contributed by atoms with E-state index in [1.807, 2.05) is 6.20 Å². The van der Waals surface area contributed by atoms with Crippen LogP contribution in [0.15, 0.2) is 60.9 Å². The number of pyridine rings is 1. The number of aromatic nitrogens is 2. The number of ether oxygens (including phenoxy) is 1. The third kappa shape index (κ3) is 4.52. The largest absolute Gasteiger partial charge is 0.440 e. The van der Waals surface area contributed by atoms with Gasteiger partial charge in [0.1, 0.15) is 0 Å². The first kappa shape index (κ1) is 27.0. The Hall–Kier alpha value is -3.60. The molecule has 204 valence electrons. The topological polar surface area (TPSA) is 47.4 Å². The molecule has 2 aromatic carbocycles. The van der Waals surface area contributed by atoms with Crippen molar-refractivity contribution in [3.05, 3.63) is 94.4 Å². The minimum atomic E-state index is -1.07. The molecule has 0 spiro atoms. The Labute approximate surface area is 232 Å². The van der Waals surface area contributed by atoms with Gasteiger partial charge in [-0.15, -0.1) is 0 Å². The Balaban J connectivity index is 1.76. The van der Waals surface area contributed by atoms with Crippen LogP contribution in [0.3, 0.4) is 0 Å². The molecule has 1 aliphatic rings. The standard InChI is InChI=1S/C34H41N3O2/c1-6-9-20-36(21-10-7-2)26-15-16-29(24(4)22-26)34(30-23-35-18-17-27(30)33(38)39-34)32-25(5)37(19-8-3)31-14-12-11-13-28(31)32/h11-18,22-23H,6-10,19-21H2,1-5H3. The molecule has 0 bridgehead atoms. The molecular formula is C34H41N3O2. The molecule has 5 rings (SSSR count). The van der Waals surface area contributed by atoms with Crippen molar-refractivity contribution < 1.29 is 9.53 Å². The van der Waals surface area contributed by atoms with Gasteiger partial charge in [0.15, 0.2) is 5.60 Å². The number of carbonyl (C=O) groups excluding carboxylic acids is 1. The van der Waals surface area contributed by atoms with Gasteiger partial charge in [-0.2, -0.15) is 0 Å². The summed E-state index contributed by atoms with van der Waals surface area (Å²) in [5, 5.41) is 1.11. The fraction of sp³-hybridized carbons (Fsp3) is 0.412. The second-order valence-electron chi connectivity index (χ2n) is 10.8. The zero-order chi connectivity index (χ0) is 27.6. The lowest BCUT2D eigenvalue weighted by Crippen LogP contribution is -2.32. The second-order valence-corrected chi connectivity index (χ2v) is 10.8. The van der Waals surface area contributed by atoms with E-state index in [4.69, 9.17) is 4.74 Å². The Morgan fingerprint density at radius 3 is 2.36 bits per heavy atom. The molecule has 2 aromatic heterocycles. The quantitative estimate of drug-likeness (QED) is 0.187. The molecule has 3 heterocycles. The molecular weight excluding hydrogens is 482 g/mol. The molecule has 0 saturated heterocycles. The predicted octanol–water partition coefficient (Wildman–Crippen LogP) is 7.93. The molecule has 5 nitrogen and oxygen atoms in total. The van der Waals surface area contributed by atoms with Gasteiger partial charge in [-0.25, -0.2) is 4.79 Å². The number of cyclic esters (lactones) is 1. The molecule has 0 N–H and O–H groups in total. The number of aryl methyl sites for hydroxylation is 2. The van der Waals surface area contributed by atoms with Crippen molar-refractivity contribution in [2.75, 3.05) is 18.0 Å². The number of para-hydroxylation sites is 1. The van der Waals surface area contributed by atoms with Crippen molar-refractivity contribution in [3.8, 4) is 0 Å². The Bertz CT molecular complexity index is 1480. The minimum absolute atomic E-state index is 0.296. The average Bonchev–Trinajstić information content (AvgIpc) is 3.40. The number of carbonyl (C=O) groups is 1. The lowest BCUT2D eigenvalue weighted by Gasteiger charge is -2.33. The van der Waals surface area contributed by atoms with E-state index in [0.717, 1.165) is 59.4 Å². The van der Waals surface area contributed by atoms with Gasteiger partial charge in [0.2, 0.25) is 0 Å². The van der Waals surface area contributed by atoms with Gasteiger partial charge in [-0.05, 0) is 62.9 Å². The molecule has 0 aliphatic carbocycles. The highest BCUT2D eigenvalue weighted by molar-refractivity contribution is 5.98. The highest BCUT2D eigenvalue weighted by Crippen LogP contribution is 2.51. The second kappa shape index (κ2) is 11.3. The summed E-state index contributed by atoms with van der Waals surface area (Å²) in [6, 6.07) is 17.0. The predicted molar refractivity (Wildman–Crippen MR) is 160 cm³/mol. The molecule has 4 aromatic rings. The fourth-order valence-electron chi connectivity index (χ4n) is 6.32. The molecule has 1 atom stereocenters. The van der Waals surface area contributed by atoms with E-state index in [2.05, 4.69) is 91.5 Å². The molecule has 5 heteroatoms. The molecule has 1 aliphatic heterocycles. The number of nitrogens with zero attached hydrogens (tertiary/aromatic N) is 3. The van der Waals surface area contributed by atoms with Gasteiger partial charge < -0.3 is 14.2 Å². The SMILES string of the molecule is CCCCN(CCCC)c1ccc(C2(c3c(C)n(CCC)c4ccccc34)OC(=O)c3ccncc32)c(C)c1. The number of fused-ring (bicyclic) bond motifs is 2. The Morgan fingerprint density at radius 1 is 0.923 bits per heavy atom. The third-order valence-corrected chi connectivity index (χ3v) is 8.21.